The van der Waals surface area contributed by atoms with Crippen molar-refractivity contribution in [2.75, 3.05) is 6.61 Å². The molecular formula is C10H11NaO3. The summed E-state index contributed by atoms with van der Waals surface area (Å²) >= 11 is 0. The van der Waals surface area contributed by atoms with Crippen molar-refractivity contribution in [1.82, 2.24) is 0 Å². The number of esters is 1. The van der Waals surface area contributed by atoms with Gasteiger partial charge in [-0.25, -0.2) is 4.79 Å². The Labute approximate surface area is 105 Å². The zero-order valence-corrected chi connectivity index (χ0v) is 7.06. The van der Waals surface area contributed by atoms with Crippen molar-refractivity contribution < 1.29 is 14.6 Å². The number of carbonyl (C=O) groups is 1. The first-order valence-electron chi connectivity index (χ1n) is 3.81. The fraction of sp³-hybridized carbons (Fsp3) is 0.100. The van der Waals surface area contributed by atoms with Gasteiger partial charge < -0.3 is 9.84 Å². The SMILES string of the molecule is C=CCOC(=O)c1ccccc1O.[NaH]. The average Bonchev–Trinajstić information content (AvgIpc) is 2.15. The number of carbonyl (C=O) groups excluding carboxylic acids is 1. The van der Waals surface area contributed by atoms with E-state index < -0.39 is 5.97 Å². The van der Waals surface area contributed by atoms with Crippen molar-refractivity contribution in [3.05, 3.63) is 42.5 Å². The third-order valence-electron chi connectivity index (χ3n) is 1.46. The molecular weight excluding hydrogens is 191 g/mol. The number of hydrogen-bond donors (Lipinski definition) is 1. The van der Waals surface area contributed by atoms with Gasteiger partial charge in [0.05, 0.1) is 0 Å². The number of hydrogen-bond acceptors (Lipinski definition) is 3. The molecule has 0 aliphatic rings. The number of rotatable bonds is 3. The van der Waals surface area contributed by atoms with Crippen LogP contribution >= 0.6 is 0 Å². The number of aromatic hydroxyl groups is 1. The number of phenolic OH excluding ortho intramolecular Hbond substituents is 1. The second kappa shape index (κ2) is 6.65. The van der Waals surface area contributed by atoms with E-state index in [9.17, 15) is 9.90 Å². The fourth-order valence-electron chi connectivity index (χ4n) is 0.859. The predicted octanol–water partition coefficient (Wildman–Crippen LogP) is 1.09. The Hall–Kier alpha value is -0.770. The van der Waals surface area contributed by atoms with E-state index in [1.165, 1.54) is 18.2 Å². The van der Waals surface area contributed by atoms with Crippen molar-refractivity contribution in [2.45, 2.75) is 0 Å². The molecule has 0 saturated carbocycles. The van der Waals surface area contributed by atoms with Crippen LogP contribution in [-0.2, 0) is 4.74 Å². The molecule has 0 radical (unpaired) electrons. The van der Waals surface area contributed by atoms with E-state index in [2.05, 4.69) is 6.58 Å². The molecule has 0 unspecified atom stereocenters. The summed E-state index contributed by atoms with van der Waals surface area (Å²) in [5.41, 5.74) is 0.171. The standard InChI is InChI=1S/C10H10O3.Na.H/c1-2-7-13-10(12)8-5-3-4-6-9(8)11;;/h2-6,11H,1,7H2;;. The minimum absolute atomic E-state index is 0. The van der Waals surface area contributed by atoms with Gasteiger partial charge in [0, 0.05) is 0 Å². The second-order valence-corrected chi connectivity index (χ2v) is 2.40. The van der Waals surface area contributed by atoms with Crippen LogP contribution in [0.15, 0.2) is 36.9 Å². The van der Waals surface area contributed by atoms with Crippen LogP contribution in [0.1, 0.15) is 10.4 Å². The Kier molecular flexibility index (Phi) is 6.28. The third-order valence-corrected chi connectivity index (χ3v) is 1.46. The van der Waals surface area contributed by atoms with E-state index in [1.807, 2.05) is 0 Å². The normalized spacial score (nSPS) is 8.57. The molecule has 0 atom stereocenters. The minimum atomic E-state index is -0.544. The first kappa shape index (κ1) is 13.2. The van der Waals surface area contributed by atoms with Gasteiger partial charge in [-0.1, -0.05) is 24.8 Å². The van der Waals surface area contributed by atoms with E-state index in [0.29, 0.717) is 0 Å². The molecule has 1 aromatic carbocycles. The molecule has 0 aliphatic carbocycles. The zero-order chi connectivity index (χ0) is 9.68. The fourth-order valence-corrected chi connectivity index (χ4v) is 0.859. The quantitative estimate of drug-likeness (QED) is 0.453. The molecule has 0 saturated heterocycles. The molecule has 1 rings (SSSR count). The molecule has 1 N–H and O–H groups in total. The summed E-state index contributed by atoms with van der Waals surface area (Å²) in [6.45, 7) is 3.56. The van der Waals surface area contributed by atoms with Crippen LogP contribution in [-0.4, -0.2) is 47.2 Å². The molecule has 0 spiro atoms. The van der Waals surface area contributed by atoms with Gasteiger partial charge in [0.1, 0.15) is 17.9 Å². The number of ether oxygens (including phenoxy) is 1. The Bertz CT molecular complexity index is 323. The van der Waals surface area contributed by atoms with Crippen LogP contribution in [0.5, 0.6) is 5.75 Å². The van der Waals surface area contributed by atoms with Gasteiger partial charge >= 0.3 is 35.5 Å². The zero-order valence-electron chi connectivity index (χ0n) is 7.06. The summed E-state index contributed by atoms with van der Waals surface area (Å²) in [5, 5.41) is 9.25. The van der Waals surface area contributed by atoms with Gasteiger partial charge in [0.25, 0.3) is 0 Å². The Balaban J connectivity index is 0.00000169. The maximum absolute atomic E-state index is 11.2. The molecule has 14 heavy (non-hydrogen) atoms. The van der Waals surface area contributed by atoms with E-state index >= 15 is 0 Å². The van der Waals surface area contributed by atoms with Gasteiger partial charge in [-0.3, -0.25) is 0 Å². The van der Waals surface area contributed by atoms with Crippen LogP contribution < -0.4 is 0 Å². The molecule has 0 heterocycles. The summed E-state index contributed by atoms with van der Waals surface area (Å²) in [6, 6.07) is 6.23. The maximum atomic E-state index is 11.2. The van der Waals surface area contributed by atoms with Crippen LogP contribution in [0.25, 0.3) is 0 Å². The van der Waals surface area contributed by atoms with E-state index in [-0.39, 0.29) is 47.5 Å². The van der Waals surface area contributed by atoms with Crippen molar-refractivity contribution in [3.63, 3.8) is 0 Å². The number of phenols is 1. The van der Waals surface area contributed by atoms with Gasteiger partial charge in [0.2, 0.25) is 0 Å². The average molecular weight is 202 g/mol. The molecule has 0 aromatic heterocycles. The summed E-state index contributed by atoms with van der Waals surface area (Å²) in [5.74, 6) is -0.616. The number of para-hydroxylation sites is 1. The Morgan fingerprint density at radius 2 is 2.14 bits per heavy atom. The topological polar surface area (TPSA) is 46.5 Å². The molecule has 0 bridgehead atoms. The summed E-state index contributed by atoms with van der Waals surface area (Å²) < 4.78 is 4.74. The molecule has 4 heteroatoms. The molecule has 1 aromatic rings. The summed E-state index contributed by atoms with van der Waals surface area (Å²) in [4.78, 5) is 11.2. The first-order valence-corrected chi connectivity index (χ1v) is 3.81. The first-order chi connectivity index (χ1) is 6.25. The molecule has 70 valence electrons. The van der Waals surface area contributed by atoms with Crippen LogP contribution in [0.4, 0.5) is 0 Å². The van der Waals surface area contributed by atoms with Gasteiger partial charge in [0.15, 0.2) is 0 Å². The Morgan fingerprint density at radius 3 is 2.71 bits per heavy atom. The molecule has 3 nitrogen and oxygen atoms in total. The Morgan fingerprint density at radius 1 is 1.50 bits per heavy atom. The second-order valence-electron chi connectivity index (χ2n) is 2.40. The number of benzene rings is 1. The van der Waals surface area contributed by atoms with Crippen LogP contribution in [0, 0.1) is 0 Å². The third kappa shape index (κ3) is 3.54. The predicted molar refractivity (Wildman–Crippen MR) is 55.7 cm³/mol. The monoisotopic (exact) mass is 202 g/mol. The van der Waals surface area contributed by atoms with Crippen LogP contribution in [0.2, 0.25) is 0 Å². The molecule has 0 fully saturated rings. The molecule has 0 aliphatic heterocycles. The van der Waals surface area contributed by atoms with Crippen molar-refractivity contribution in [2.24, 2.45) is 0 Å². The van der Waals surface area contributed by atoms with Crippen LogP contribution in [0.3, 0.4) is 0 Å². The summed E-state index contributed by atoms with van der Waals surface area (Å²) in [6.07, 6.45) is 1.47. The van der Waals surface area contributed by atoms with Gasteiger partial charge in [-0.05, 0) is 12.1 Å². The van der Waals surface area contributed by atoms with Gasteiger partial charge in [-0.15, -0.1) is 0 Å². The van der Waals surface area contributed by atoms with Crippen molar-refractivity contribution in [1.29, 1.82) is 0 Å². The summed E-state index contributed by atoms with van der Waals surface area (Å²) in [7, 11) is 0. The van der Waals surface area contributed by atoms with Crippen molar-refractivity contribution >= 4 is 35.5 Å². The van der Waals surface area contributed by atoms with Gasteiger partial charge in [-0.2, -0.15) is 0 Å². The van der Waals surface area contributed by atoms with E-state index in [0.717, 1.165) is 0 Å². The van der Waals surface area contributed by atoms with E-state index in [1.54, 1.807) is 12.1 Å². The van der Waals surface area contributed by atoms with E-state index in [4.69, 9.17) is 4.74 Å². The van der Waals surface area contributed by atoms with Crippen molar-refractivity contribution in [3.8, 4) is 5.75 Å². The molecule has 0 amide bonds.